The molecule has 1 unspecified atom stereocenters. The number of esters is 1. The van der Waals surface area contributed by atoms with Gasteiger partial charge in [0.25, 0.3) is 0 Å². The Morgan fingerprint density at radius 1 is 1.46 bits per heavy atom. The summed E-state index contributed by atoms with van der Waals surface area (Å²) >= 11 is 6.02. The normalized spacial score (nSPS) is 15.4. The minimum Gasteiger partial charge on any atom is -0.493 e. The number of H-pyrrole nitrogens is 1. The molecule has 3 heterocycles. The molecule has 1 atom stereocenters. The van der Waals surface area contributed by atoms with Gasteiger partial charge in [-0.3, -0.25) is 9.79 Å². The molecule has 0 spiro atoms. The Morgan fingerprint density at radius 2 is 2.24 bits per heavy atom. The Hall–Kier alpha value is -4.23. The Morgan fingerprint density at radius 3 is 2.97 bits per heavy atom. The van der Waals surface area contributed by atoms with E-state index in [2.05, 4.69) is 25.4 Å². The van der Waals surface area contributed by atoms with E-state index in [1.807, 2.05) is 0 Å². The average molecular weight is 529 g/mol. The van der Waals surface area contributed by atoms with E-state index in [9.17, 15) is 19.1 Å². The second-order valence-corrected chi connectivity index (χ2v) is 9.00. The van der Waals surface area contributed by atoms with E-state index in [1.165, 1.54) is 41.9 Å². The largest absolute Gasteiger partial charge is 0.493 e. The monoisotopic (exact) mass is 528 g/mol. The zero-order chi connectivity index (χ0) is 26.3. The molecule has 0 amide bonds. The van der Waals surface area contributed by atoms with Crippen LogP contribution in [0.3, 0.4) is 0 Å². The van der Waals surface area contributed by atoms with Crippen LogP contribution in [0.5, 0.6) is 5.88 Å². The minimum atomic E-state index is -0.883. The molecule has 1 aliphatic rings. The summed E-state index contributed by atoms with van der Waals surface area (Å²) in [5, 5.41) is 18.6. The predicted molar refractivity (Wildman–Crippen MR) is 132 cm³/mol. The summed E-state index contributed by atoms with van der Waals surface area (Å²) in [6, 6.07) is 5.04. The number of imidazole rings is 1. The fraction of sp³-hybridized carbons (Fsp3) is 0.261. The molecule has 0 radical (unpaired) electrons. The van der Waals surface area contributed by atoms with Gasteiger partial charge in [-0.05, 0) is 44.0 Å². The van der Waals surface area contributed by atoms with Crippen molar-refractivity contribution in [1.82, 2.24) is 24.1 Å². The van der Waals surface area contributed by atoms with Crippen molar-refractivity contribution in [2.24, 2.45) is 10.7 Å². The molecule has 0 saturated heterocycles. The molecule has 5 N–H and O–H groups in total. The molecule has 3 aromatic heterocycles. The summed E-state index contributed by atoms with van der Waals surface area (Å²) < 4.78 is 21.6. The van der Waals surface area contributed by atoms with Crippen LogP contribution in [0.25, 0.3) is 11.7 Å². The Balaban J connectivity index is 1.58. The number of aromatic nitrogens is 5. The van der Waals surface area contributed by atoms with Gasteiger partial charge >= 0.3 is 11.7 Å². The number of nitrogens with one attached hydrogen (secondary N) is 2. The molecule has 12 nitrogen and oxygen atoms in total. The third-order valence-corrected chi connectivity index (χ3v) is 5.76. The van der Waals surface area contributed by atoms with Crippen LogP contribution in [0.15, 0.2) is 40.2 Å². The molecule has 5 rings (SSSR count). The maximum Gasteiger partial charge on any atom is 0.331 e. The van der Waals surface area contributed by atoms with Crippen molar-refractivity contribution in [2.45, 2.75) is 38.6 Å². The number of rotatable bonds is 7. The minimum absolute atomic E-state index is 0.0403. The van der Waals surface area contributed by atoms with Gasteiger partial charge in [-0.1, -0.05) is 11.6 Å². The maximum absolute atomic E-state index is 14.3. The number of nitrogens with zero attached hydrogens (tertiary/aromatic N) is 5. The van der Waals surface area contributed by atoms with Crippen LogP contribution in [0.4, 0.5) is 15.9 Å². The number of carbonyl (C=O) groups is 1. The van der Waals surface area contributed by atoms with Crippen LogP contribution in [0.1, 0.15) is 25.5 Å². The summed E-state index contributed by atoms with van der Waals surface area (Å²) in [4.78, 5) is 35.7. The van der Waals surface area contributed by atoms with E-state index in [4.69, 9.17) is 22.1 Å². The van der Waals surface area contributed by atoms with Crippen LogP contribution in [-0.4, -0.2) is 47.3 Å². The van der Waals surface area contributed by atoms with E-state index in [-0.39, 0.29) is 17.4 Å². The van der Waals surface area contributed by atoms with Crippen molar-refractivity contribution in [1.29, 1.82) is 0 Å². The lowest BCUT2D eigenvalue weighted by Gasteiger charge is -2.08. The van der Waals surface area contributed by atoms with Gasteiger partial charge in [0.2, 0.25) is 5.88 Å². The first-order chi connectivity index (χ1) is 17.7. The van der Waals surface area contributed by atoms with Crippen molar-refractivity contribution < 1.29 is 19.0 Å². The number of aromatic hydroxyl groups is 1. The fourth-order valence-electron chi connectivity index (χ4n) is 3.46. The van der Waals surface area contributed by atoms with E-state index in [0.29, 0.717) is 27.2 Å². The van der Waals surface area contributed by atoms with Gasteiger partial charge in [-0.2, -0.15) is 9.61 Å². The zero-order valence-electron chi connectivity index (χ0n) is 19.5. The van der Waals surface area contributed by atoms with Crippen LogP contribution >= 0.6 is 11.6 Å². The average Bonchev–Trinajstić information content (AvgIpc) is 3.52. The summed E-state index contributed by atoms with van der Waals surface area (Å²) in [5.41, 5.74) is 5.76. The van der Waals surface area contributed by atoms with Gasteiger partial charge in [0.1, 0.15) is 23.4 Å². The number of carbonyl (C=O) groups excluding carboxylic acids is 1. The first-order valence-electron chi connectivity index (χ1n) is 11.3. The lowest BCUT2D eigenvalue weighted by molar-refractivity contribution is -0.148. The van der Waals surface area contributed by atoms with E-state index in [1.54, 1.807) is 6.07 Å². The van der Waals surface area contributed by atoms with Crippen LogP contribution in [0, 0.1) is 5.82 Å². The first kappa shape index (κ1) is 24.5. The van der Waals surface area contributed by atoms with Crippen molar-refractivity contribution >= 4 is 40.8 Å². The molecular weight excluding hydrogens is 507 g/mol. The van der Waals surface area contributed by atoms with Gasteiger partial charge in [0, 0.05) is 16.3 Å². The standard InChI is InChI=1S/C23H22ClFN8O4/c1-11(26)22(35)37-10-32-21(34)17(30-23(32)36)6-12-9-27-33-19(28-14-3-4-14)8-18(31-20(12)33)29-16-7-13(24)2-5-15(16)25/h2,5-9,11,14,29,34H,3-4,10,26H2,1H3,(H,30,36)/b12-6-,28-19?. The highest BCUT2D eigenvalue weighted by atomic mass is 35.5. The smallest absolute Gasteiger partial charge is 0.331 e. The molecular formula is C23H22ClFN8O4. The van der Waals surface area contributed by atoms with Gasteiger partial charge < -0.3 is 25.9 Å². The topological polar surface area (TPSA) is 165 Å². The van der Waals surface area contributed by atoms with Gasteiger partial charge in [0.05, 0.1) is 17.9 Å². The summed E-state index contributed by atoms with van der Waals surface area (Å²) in [6.45, 7) is 0.916. The van der Waals surface area contributed by atoms with Crippen LogP contribution in [-0.2, 0) is 16.3 Å². The van der Waals surface area contributed by atoms with Crippen molar-refractivity contribution in [3.8, 4) is 5.88 Å². The molecule has 37 heavy (non-hydrogen) atoms. The molecule has 1 aliphatic carbocycles. The number of benzene rings is 1. The first-order valence-corrected chi connectivity index (χ1v) is 11.7. The molecule has 0 aliphatic heterocycles. The van der Waals surface area contributed by atoms with Crippen LogP contribution < -0.4 is 27.4 Å². The fourth-order valence-corrected chi connectivity index (χ4v) is 3.63. The van der Waals surface area contributed by atoms with E-state index < -0.39 is 36.1 Å². The number of aromatic amines is 1. The number of fused-ring (bicyclic) bond motifs is 1. The summed E-state index contributed by atoms with van der Waals surface area (Å²) in [6.07, 6.45) is 4.85. The molecule has 14 heteroatoms. The van der Waals surface area contributed by atoms with Gasteiger partial charge in [-0.25, -0.2) is 18.7 Å². The lowest BCUT2D eigenvalue weighted by Crippen LogP contribution is -2.30. The number of anilines is 2. The molecule has 1 fully saturated rings. The van der Waals surface area contributed by atoms with E-state index in [0.717, 1.165) is 17.4 Å². The number of nitrogens with two attached hydrogens (primary N) is 1. The van der Waals surface area contributed by atoms with Crippen LogP contribution in [0.2, 0.25) is 5.02 Å². The molecule has 1 aromatic carbocycles. The summed E-state index contributed by atoms with van der Waals surface area (Å²) in [5.74, 6) is -1.41. The highest BCUT2D eigenvalue weighted by Gasteiger charge is 2.21. The molecule has 192 valence electrons. The van der Waals surface area contributed by atoms with Crippen molar-refractivity contribution in [3.63, 3.8) is 0 Å². The zero-order valence-corrected chi connectivity index (χ0v) is 20.2. The maximum atomic E-state index is 14.3. The second kappa shape index (κ2) is 9.67. The van der Waals surface area contributed by atoms with E-state index >= 15 is 0 Å². The number of ether oxygens (including phenoxy) is 1. The molecule has 1 saturated carbocycles. The molecule has 0 bridgehead atoms. The predicted octanol–water partition coefficient (Wildman–Crippen LogP) is 0.920. The summed E-state index contributed by atoms with van der Waals surface area (Å²) in [7, 11) is 0. The lowest BCUT2D eigenvalue weighted by atomic mass is 10.3. The molecule has 4 aromatic rings. The quantitative estimate of drug-likeness (QED) is 0.257. The highest BCUT2D eigenvalue weighted by molar-refractivity contribution is 6.30. The Labute approximate surface area is 212 Å². The van der Waals surface area contributed by atoms with Crippen molar-refractivity contribution in [3.05, 3.63) is 68.2 Å². The highest BCUT2D eigenvalue weighted by Crippen LogP contribution is 2.24. The second-order valence-electron chi connectivity index (χ2n) is 8.57. The van der Waals surface area contributed by atoms with Gasteiger partial charge in [0.15, 0.2) is 17.9 Å². The number of hydrogen-bond acceptors (Lipinski definition) is 9. The van der Waals surface area contributed by atoms with Gasteiger partial charge in [-0.15, -0.1) is 0 Å². The SMILES string of the molecule is CC(N)C(=O)OCn1c(O)c(/C=c2/cnn3c(=NC4CC4)cc(Nc4cc(Cl)ccc4F)nc23)[nH]c1=O. The van der Waals surface area contributed by atoms with Crippen molar-refractivity contribution in [2.75, 3.05) is 5.32 Å². The number of halogens is 2. The third-order valence-electron chi connectivity index (χ3n) is 5.52. The third kappa shape index (κ3) is 5.17. The number of hydrogen-bond donors (Lipinski definition) is 4. The Kier molecular flexibility index (Phi) is 6.39. The Bertz CT molecular complexity index is 1690.